The summed E-state index contributed by atoms with van der Waals surface area (Å²) in [6, 6.07) is 0.930. The zero-order valence-electron chi connectivity index (χ0n) is 10.8. The lowest BCUT2D eigenvalue weighted by Crippen LogP contribution is -2.16. The third kappa shape index (κ3) is 3.45. The van der Waals surface area contributed by atoms with Crippen molar-refractivity contribution in [3.05, 3.63) is 11.6 Å². The maximum Gasteiger partial charge on any atom is 0.337 e. The van der Waals surface area contributed by atoms with Crippen LogP contribution in [0.15, 0.2) is 11.0 Å². The SMILES string of the molecule is CCCN(CC)Sc1c(C(=O)O)cc(O)c(O)c1O. The fourth-order valence-electron chi connectivity index (χ4n) is 1.53. The Morgan fingerprint density at radius 1 is 1.26 bits per heavy atom. The van der Waals surface area contributed by atoms with Crippen molar-refractivity contribution in [1.29, 1.82) is 0 Å². The average molecular weight is 287 g/mol. The van der Waals surface area contributed by atoms with E-state index in [1.165, 1.54) is 0 Å². The molecular formula is C12H17NO5S. The number of carbonyl (C=O) groups is 1. The van der Waals surface area contributed by atoms with Gasteiger partial charge in [0.25, 0.3) is 0 Å². The minimum atomic E-state index is -1.28. The Kier molecular flexibility index (Phi) is 5.31. The molecule has 6 nitrogen and oxygen atoms in total. The molecule has 1 aromatic rings. The Bertz CT molecular complexity index is 478. The molecule has 0 saturated carbocycles. The van der Waals surface area contributed by atoms with Gasteiger partial charge in [-0.1, -0.05) is 13.8 Å². The van der Waals surface area contributed by atoms with Crippen LogP contribution in [0.25, 0.3) is 0 Å². The maximum atomic E-state index is 11.1. The summed E-state index contributed by atoms with van der Waals surface area (Å²) in [5.74, 6) is -3.25. The predicted molar refractivity (Wildman–Crippen MR) is 71.8 cm³/mol. The van der Waals surface area contributed by atoms with Crippen LogP contribution in [0.3, 0.4) is 0 Å². The molecule has 0 radical (unpaired) electrons. The molecule has 0 heterocycles. The van der Waals surface area contributed by atoms with Gasteiger partial charge in [-0.05, 0) is 24.4 Å². The largest absolute Gasteiger partial charge is 0.504 e. The van der Waals surface area contributed by atoms with Gasteiger partial charge in [0, 0.05) is 13.1 Å². The second-order valence-corrected chi connectivity index (χ2v) is 4.99. The number of benzene rings is 1. The van der Waals surface area contributed by atoms with E-state index in [-0.39, 0.29) is 10.5 Å². The monoisotopic (exact) mass is 287 g/mol. The number of rotatable bonds is 6. The molecule has 0 amide bonds. The van der Waals surface area contributed by atoms with Gasteiger partial charge in [0.15, 0.2) is 11.5 Å². The summed E-state index contributed by atoms with van der Waals surface area (Å²) in [6.07, 6.45) is 0.869. The van der Waals surface area contributed by atoms with Gasteiger partial charge in [0.1, 0.15) is 0 Å². The number of nitrogens with zero attached hydrogens (tertiary/aromatic N) is 1. The highest BCUT2D eigenvalue weighted by Crippen LogP contribution is 2.45. The fraction of sp³-hybridized carbons (Fsp3) is 0.417. The van der Waals surface area contributed by atoms with E-state index in [2.05, 4.69) is 0 Å². The number of hydrogen-bond acceptors (Lipinski definition) is 6. The van der Waals surface area contributed by atoms with Gasteiger partial charge in [-0.15, -0.1) is 0 Å². The van der Waals surface area contributed by atoms with E-state index < -0.39 is 23.2 Å². The van der Waals surface area contributed by atoms with Crippen LogP contribution >= 0.6 is 11.9 Å². The second kappa shape index (κ2) is 6.53. The topological polar surface area (TPSA) is 101 Å². The number of aromatic hydroxyl groups is 3. The zero-order chi connectivity index (χ0) is 14.6. The van der Waals surface area contributed by atoms with Crippen molar-refractivity contribution in [2.45, 2.75) is 25.2 Å². The van der Waals surface area contributed by atoms with E-state index in [1.54, 1.807) is 0 Å². The summed E-state index contributed by atoms with van der Waals surface area (Å²) >= 11 is 1.05. The van der Waals surface area contributed by atoms with Crippen LogP contribution in [0, 0.1) is 0 Å². The smallest absolute Gasteiger partial charge is 0.337 e. The van der Waals surface area contributed by atoms with Crippen LogP contribution in [0.1, 0.15) is 30.6 Å². The lowest BCUT2D eigenvalue weighted by atomic mass is 10.2. The van der Waals surface area contributed by atoms with Gasteiger partial charge < -0.3 is 20.4 Å². The molecule has 7 heteroatoms. The van der Waals surface area contributed by atoms with Gasteiger partial charge in [0.2, 0.25) is 5.75 Å². The molecule has 0 aliphatic rings. The van der Waals surface area contributed by atoms with Gasteiger partial charge >= 0.3 is 5.97 Å². The van der Waals surface area contributed by atoms with Crippen LogP contribution in [0.2, 0.25) is 0 Å². The zero-order valence-corrected chi connectivity index (χ0v) is 11.6. The lowest BCUT2D eigenvalue weighted by molar-refractivity contribution is 0.0691. The van der Waals surface area contributed by atoms with Crippen LogP contribution < -0.4 is 0 Å². The van der Waals surface area contributed by atoms with E-state index in [0.29, 0.717) is 13.1 Å². The van der Waals surface area contributed by atoms with Gasteiger partial charge in [-0.3, -0.25) is 0 Å². The van der Waals surface area contributed by atoms with Crippen molar-refractivity contribution < 1.29 is 25.2 Å². The van der Waals surface area contributed by atoms with Crippen LogP contribution in [-0.2, 0) is 0 Å². The average Bonchev–Trinajstić information content (AvgIpc) is 2.37. The highest BCUT2D eigenvalue weighted by atomic mass is 32.2. The van der Waals surface area contributed by atoms with E-state index in [0.717, 1.165) is 24.4 Å². The normalized spacial score (nSPS) is 10.9. The van der Waals surface area contributed by atoms with Crippen molar-refractivity contribution in [3.8, 4) is 17.2 Å². The summed E-state index contributed by atoms with van der Waals surface area (Å²) in [6.45, 7) is 5.25. The molecule has 0 bridgehead atoms. The molecule has 0 atom stereocenters. The quantitative estimate of drug-likeness (QED) is 0.470. The molecule has 0 spiro atoms. The molecule has 4 N–H and O–H groups in total. The number of aromatic carboxylic acids is 1. The Morgan fingerprint density at radius 2 is 1.89 bits per heavy atom. The Labute approximate surface area is 115 Å². The molecule has 19 heavy (non-hydrogen) atoms. The third-order valence-corrected chi connectivity index (χ3v) is 3.78. The van der Waals surface area contributed by atoms with Crippen molar-refractivity contribution in [2.75, 3.05) is 13.1 Å². The Hall–Kier alpha value is -1.60. The summed E-state index contributed by atoms with van der Waals surface area (Å²) < 4.78 is 1.86. The summed E-state index contributed by atoms with van der Waals surface area (Å²) in [5, 5.41) is 37.7. The van der Waals surface area contributed by atoms with Crippen molar-refractivity contribution in [3.63, 3.8) is 0 Å². The van der Waals surface area contributed by atoms with Gasteiger partial charge in [-0.2, -0.15) is 0 Å². The number of hydrogen-bond donors (Lipinski definition) is 4. The summed E-state index contributed by atoms with van der Waals surface area (Å²) in [7, 11) is 0. The first-order valence-corrected chi connectivity index (χ1v) is 6.63. The maximum absolute atomic E-state index is 11.1. The van der Waals surface area contributed by atoms with Crippen molar-refractivity contribution in [1.82, 2.24) is 4.31 Å². The number of carboxylic acid groups (broad SMARTS) is 1. The number of phenolic OH excluding ortho intramolecular Hbond substituents is 3. The van der Waals surface area contributed by atoms with Gasteiger partial charge in [0.05, 0.1) is 10.5 Å². The molecule has 106 valence electrons. The lowest BCUT2D eigenvalue weighted by Gasteiger charge is -2.20. The molecule has 0 unspecified atom stereocenters. The first-order valence-electron chi connectivity index (χ1n) is 5.86. The highest BCUT2D eigenvalue weighted by molar-refractivity contribution is 7.97. The molecular weight excluding hydrogens is 270 g/mol. The molecule has 1 rings (SSSR count). The predicted octanol–water partition coefficient (Wildman–Crippen LogP) is 2.24. The number of phenols is 3. The molecule has 0 aliphatic carbocycles. The standard InChI is InChI=1S/C12H17NO5S/c1-3-5-13(4-2)19-11-7(12(17)18)6-8(14)9(15)10(11)16/h6,14-16H,3-5H2,1-2H3,(H,17,18). The molecule has 0 fully saturated rings. The highest BCUT2D eigenvalue weighted by Gasteiger charge is 2.23. The van der Waals surface area contributed by atoms with Crippen molar-refractivity contribution in [2.24, 2.45) is 0 Å². The molecule has 1 aromatic carbocycles. The van der Waals surface area contributed by atoms with Gasteiger partial charge in [-0.25, -0.2) is 9.10 Å². The Morgan fingerprint density at radius 3 is 2.37 bits per heavy atom. The summed E-state index contributed by atoms with van der Waals surface area (Å²) in [4.78, 5) is 11.2. The minimum absolute atomic E-state index is 0.0260. The molecule has 0 aromatic heterocycles. The molecule has 0 aliphatic heterocycles. The first kappa shape index (κ1) is 15.5. The fourth-order valence-corrected chi connectivity index (χ4v) is 2.61. The van der Waals surface area contributed by atoms with E-state index in [9.17, 15) is 20.1 Å². The second-order valence-electron chi connectivity index (χ2n) is 3.89. The first-order chi connectivity index (χ1) is 8.92. The third-order valence-electron chi connectivity index (χ3n) is 2.48. The van der Waals surface area contributed by atoms with E-state index in [1.807, 2.05) is 18.2 Å². The Balaban J connectivity index is 3.24. The number of carboxylic acids is 1. The van der Waals surface area contributed by atoms with E-state index >= 15 is 0 Å². The summed E-state index contributed by atoms with van der Waals surface area (Å²) in [5.41, 5.74) is -0.243. The van der Waals surface area contributed by atoms with Crippen LogP contribution in [-0.4, -0.2) is 43.8 Å². The van der Waals surface area contributed by atoms with E-state index in [4.69, 9.17) is 5.11 Å². The molecule has 0 saturated heterocycles. The van der Waals surface area contributed by atoms with Crippen LogP contribution in [0.5, 0.6) is 17.2 Å². The van der Waals surface area contributed by atoms with Crippen molar-refractivity contribution >= 4 is 17.9 Å². The minimum Gasteiger partial charge on any atom is -0.504 e. The van der Waals surface area contributed by atoms with Crippen LogP contribution in [0.4, 0.5) is 0 Å².